The van der Waals surface area contributed by atoms with E-state index < -0.39 is 21.6 Å². The SMILES string of the molecule is C[C@]1(C(=O)NNC(=O)c2cc(-c3cccnc3)nc3ccccc23)CC1(Cl)Cl. The summed E-state index contributed by atoms with van der Waals surface area (Å²) < 4.78 is -1.11. The van der Waals surface area contributed by atoms with E-state index in [0.717, 1.165) is 5.56 Å². The number of para-hydroxylation sites is 1. The monoisotopic (exact) mass is 414 g/mol. The first-order valence-corrected chi connectivity index (χ1v) is 9.36. The molecule has 0 unspecified atom stereocenters. The Kier molecular flexibility index (Phi) is 4.48. The number of hydrogen-bond donors (Lipinski definition) is 2. The topological polar surface area (TPSA) is 84.0 Å². The molecule has 2 amide bonds. The van der Waals surface area contributed by atoms with E-state index in [4.69, 9.17) is 23.2 Å². The van der Waals surface area contributed by atoms with E-state index in [1.54, 1.807) is 37.5 Å². The number of aromatic nitrogens is 2. The van der Waals surface area contributed by atoms with Crippen molar-refractivity contribution in [1.29, 1.82) is 0 Å². The van der Waals surface area contributed by atoms with Crippen molar-refractivity contribution in [3.8, 4) is 11.3 Å². The standard InChI is InChI=1S/C20H16Cl2N4O2/c1-19(11-20(19,21)22)18(28)26-25-17(27)14-9-16(12-5-4-8-23-10-12)24-15-7-3-2-6-13(14)15/h2-10H,11H2,1H3,(H,25,27)(H,26,28)/t19-/m1/s1. The van der Waals surface area contributed by atoms with Crippen molar-refractivity contribution in [2.45, 2.75) is 17.7 Å². The van der Waals surface area contributed by atoms with Crippen molar-refractivity contribution in [2.75, 3.05) is 0 Å². The maximum absolute atomic E-state index is 12.8. The normalized spacial score (nSPS) is 19.8. The van der Waals surface area contributed by atoms with Crippen LogP contribution < -0.4 is 10.9 Å². The molecule has 28 heavy (non-hydrogen) atoms. The molecular weight excluding hydrogens is 399 g/mol. The number of nitrogens with one attached hydrogen (secondary N) is 2. The Hall–Kier alpha value is -2.70. The third kappa shape index (κ3) is 3.19. The van der Waals surface area contributed by atoms with Crippen LogP contribution >= 0.6 is 23.2 Å². The average Bonchev–Trinajstić information content (AvgIpc) is 3.24. The van der Waals surface area contributed by atoms with E-state index in [-0.39, 0.29) is 0 Å². The van der Waals surface area contributed by atoms with Crippen LogP contribution in [-0.4, -0.2) is 26.1 Å². The minimum Gasteiger partial charge on any atom is -0.273 e. The molecule has 3 aromatic rings. The van der Waals surface area contributed by atoms with Crippen molar-refractivity contribution in [3.63, 3.8) is 0 Å². The number of carbonyl (C=O) groups is 2. The van der Waals surface area contributed by atoms with Gasteiger partial charge in [0.25, 0.3) is 5.91 Å². The Labute approximate surface area is 171 Å². The van der Waals surface area contributed by atoms with Gasteiger partial charge in [-0.3, -0.25) is 25.4 Å². The molecule has 8 heteroatoms. The van der Waals surface area contributed by atoms with Crippen molar-refractivity contribution in [3.05, 3.63) is 60.4 Å². The molecule has 142 valence electrons. The summed E-state index contributed by atoms with van der Waals surface area (Å²) in [7, 11) is 0. The summed E-state index contributed by atoms with van der Waals surface area (Å²) in [6.07, 6.45) is 3.67. The number of fused-ring (bicyclic) bond motifs is 1. The second kappa shape index (κ2) is 6.72. The molecule has 1 atom stereocenters. The summed E-state index contributed by atoms with van der Waals surface area (Å²) in [5.74, 6) is -0.896. The van der Waals surface area contributed by atoms with Gasteiger partial charge in [0, 0.05) is 23.3 Å². The third-order valence-corrected chi connectivity index (χ3v) is 6.07. The van der Waals surface area contributed by atoms with Gasteiger partial charge in [-0.05, 0) is 37.6 Å². The molecule has 0 saturated heterocycles. The molecule has 0 spiro atoms. The molecule has 0 radical (unpaired) electrons. The quantitative estimate of drug-likeness (QED) is 0.506. The fraction of sp³-hybridized carbons (Fsp3) is 0.200. The molecular formula is C20H16Cl2N4O2. The van der Waals surface area contributed by atoms with Gasteiger partial charge in [-0.1, -0.05) is 18.2 Å². The first-order valence-electron chi connectivity index (χ1n) is 8.61. The molecule has 6 nitrogen and oxygen atoms in total. The summed E-state index contributed by atoms with van der Waals surface area (Å²) in [4.78, 5) is 33.8. The van der Waals surface area contributed by atoms with Gasteiger partial charge in [-0.2, -0.15) is 0 Å². The van der Waals surface area contributed by atoms with E-state index in [1.807, 2.05) is 24.3 Å². The van der Waals surface area contributed by atoms with Crippen molar-refractivity contribution >= 4 is 45.9 Å². The smallest absolute Gasteiger partial charge is 0.270 e. The Morgan fingerprint density at radius 1 is 1.11 bits per heavy atom. The third-order valence-electron chi connectivity index (χ3n) is 4.97. The van der Waals surface area contributed by atoms with E-state index in [1.165, 1.54) is 0 Å². The van der Waals surface area contributed by atoms with E-state index in [0.29, 0.717) is 28.6 Å². The maximum Gasteiger partial charge on any atom is 0.270 e. The van der Waals surface area contributed by atoms with Crippen LogP contribution in [0.1, 0.15) is 23.7 Å². The molecule has 1 saturated carbocycles. The highest BCUT2D eigenvalue weighted by Gasteiger charge is 2.68. The Morgan fingerprint density at radius 2 is 1.86 bits per heavy atom. The van der Waals surface area contributed by atoms with Crippen LogP contribution in [0.5, 0.6) is 0 Å². The lowest BCUT2D eigenvalue weighted by atomic mass is 10.0. The van der Waals surface area contributed by atoms with Gasteiger partial charge >= 0.3 is 0 Å². The van der Waals surface area contributed by atoms with E-state index >= 15 is 0 Å². The molecule has 1 aliphatic carbocycles. The first kappa shape index (κ1) is 18.7. The number of hydrogen-bond acceptors (Lipinski definition) is 4. The number of halogens is 2. The van der Waals surface area contributed by atoms with Gasteiger partial charge < -0.3 is 0 Å². The Bertz CT molecular complexity index is 1090. The summed E-state index contributed by atoms with van der Waals surface area (Å²) >= 11 is 12.0. The van der Waals surface area contributed by atoms with Crippen LogP contribution in [0.15, 0.2) is 54.9 Å². The van der Waals surface area contributed by atoms with Crippen molar-refractivity contribution in [1.82, 2.24) is 20.8 Å². The number of rotatable bonds is 3. The van der Waals surface area contributed by atoms with Gasteiger partial charge in [0.05, 0.1) is 22.2 Å². The summed E-state index contributed by atoms with van der Waals surface area (Å²) in [5.41, 5.74) is 6.39. The van der Waals surface area contributed by atoms with Crippen molar-refractivity contribution < 1.29 is 9.59 Å². The molecule has 2 N–H and O–H groups in total. The van der Waals surface area contributed by atoms with Gasteiger partial charge in [0.15, 0.2) is 0 Å². The fourth-order valence-electron chi connectivity index (χ4n) is 2.99. The van der Waals surface area contributed by atoms with Gasteiger partial charge in [0.1, 0.15) is 4.33 Å². The molecule has 1 aromatic carbocycles. The number of nitrogens with zero attached hydrogens (tertiary/aromatic N) is 2. The lowest BCUT2D eigenvalue weighted by Gasteiger charge is -2.14. The number of alkyl halides is 2. The van der Waals surface area contributed by atoms with E-state index in [2.05, 4.69) is 20.8 Å². The second-order valence-corrected chi connectivity index (χ2v) is 8.42. The molecule has 2 aromatic heterocycles. The lowest BCUT2D eigenvalue weighted by molar-refractivity contribution is -0.126. The van der Waals surface area contributed by atoms with Crippen LogP contribution in [0.2, 0.25) is 0 Å². The molecule has 1 fully saturated rings. The van der Waals surface area contributed by atoms with Gasteiger partial charge in [-0.25, -0.2) is 4.98 Å². The molecule has 2 heterocycles. The number of benzene rings is 1. The Morgan fingerprint density at radius 3 is 2.54 bits per heavy atom. The number of pyridine rings is 2. The molecule has 0 aliphatic heterocycles. The summed E-state index contributed by atoms with van der Waals surface area (Å²) in [6, 6.07) is 12.6. The Balaban J connectivity index is 1.64. The highest BCUT2D eigenvalue weighted by atomic mass is 35.5. The van der Waals surface area contributed by atoms with Crippen LogP contribution in [0.3, 0.4) is 0 Å². The van der Waals surface area contributed by atoms with Gasteiger partial charge in [0.2, 0.25) is 5.91 Å². The maximum atomic E-state index is 12.8. The number of amides is 2. The van der Waals surface area contributed by atoms with Crippen molar-refractivity contribution in [2.24, 2.45) is 5.41 Å². The minimum absolute atomic E-state index is 0.328. The zero-order valence-electron chi connectivity index (χ0n) is 14.9. The predicted octanol–water partition coefficient (Wildman–Crippen LogP) is 3.64. The zero-order valence-corrected chi connectivity index (χ0v) is 16.4. The fourth-order valence-corrected chi connectivity index (χ4v) is 3.70. The molecule has 4 rings (SSSR count). The molecule has 1 aliphatic rings. The highest BCUT2D eigenvalue weighted by molar-refractivity contribution is 6.53. The summed E-state index contributed by atoms with van der Waals surface area (Å²) in [5, 5.41) is 0.670. The van der Waals surface area contributed by atoms with Crippen LogP contribution in [0, 0.1) is 5.41 Å². The van der Waals surface area contributed by atoms with Gasteiger partial charge in [-0.15, -0.1) is 23.2 Å². The zero-order chi connectivity index (χ0) is 19.9. The highest BCUT2D eigenvalue weighted by Crippen LogP contribution is 2.63. The average molecular weight is 415 g/mol. The first-order chi connectivity index (χ1) is 13.3. The largest absolute Gasteiger partial charge is 0.273 e. The molecule has 0 bridgehead atoms. The summed E-state index contributed by atoms with van der Waals surface area (Å²) in [6.45, 7) is 1.65. The van der Waals surface area contributed by atoms with E-state index in [9.17, 15) is 9.59 Å². The second-order valence-electron chi connectivity index (χ2n) is 6.94. The minimum atomic E-state index is -1.11. The van der Waals surface area contributed by atoms with Crippen LogP contribution in [-0.2, 0) is 4.79 Å². The number of hydrazine groups is 1. The van der Waals surface area contributed by atoms with Crippen LogP contribution in [0.4, 0.5) is 0 Å². The lowest BCUT2D eigenvalue weighted by Crippen LogP contribution is -2.45. The van der Waals surface area contributed by atoms with Crippen LogP contribution in [0.25, 0.3) is 22.2 Å². The predicted molar refractivity (Wildman–Crippen MR) is 108 cm³/mol. The number of carbonyl (C=O) groups excluding carboxylic acids is 2.